The number of sulfonamides is 1. The SMILES string of the molecule is CNCCNS(=O)(=O)c1ccc(CCOC)cc1.Cl. The molecule has 0 heterocycles. The van der Waals surface area contributed by atoms with Crippen LogP contribution in [0.4, 0.5) is 0 Å². The van der Waals surface area contributed by atoms with Gasteiger partial charge < -0.3 is 10.1 Å². The lowest BCUT2D eigenvalue weighted by molar-refractivity contribution is 0.202. The van der Waals surface area contributed by atoms with Crippen molar-refractivity contribution in [1.82, 2.24) is 10.0 Å². The van der Waals surface area contributed by atoms with Crippen LogP contribution in [-0.2, 0) is 21.2 Å². The molecule has 7 heteroatoms. The summed E-state index contributed by atoms with van der Waals surface area (Å²) in [5.41, 5.74) is 1.06. The predicted molar refractivity (Wildman–Crippen MR) is 78.4 cm³/mol. The highest BCUT2D eigenvalue weighted by Crippen LogP contribution is 2.10. The maximum atomic E-state index is 11.9. The fraction of sp³-hybridized carbons (Fsp3) is 0.500. The molecule has 0 fully saturated rings. The smallest absolute Gasteiger partial charge is 0.240 e. The lowest BCUT2D eigenvalue weighted by Crippen LogP contribution is -2.30. The van der Waals surface area contributed by atoms with Crippen molar-refractivity contribution >= 4 is 22.4 Å². The molecule has 0 saturated heterocycles. The van der Waals surface area contributed by atoms with Gasteiger partial charge in [-0.25, -0.2) is 13.1 Å². The Hall–Kier alpha value is -0.660. The molecule has 0 spiro atoms. The highest BCUT2D eigenvalue weighted by atomic mass is 35.5. The van der Waals surface area contributed by atoms with Crippen LogP contribution in [0.5, 0.6) is 0 Å². The van der Waals surface area contributed by atoms with E-state index in [-0.39, 0.29) is 12.4 Å². The highest BCUT2D eigenvalue weighted by molar-refractivity contribution is 7.89. The van der Waals surface area contributed by atoms with Crippen LogP contribution in [0.25, 0.3) is 0 Å². The summed E-state index contributed by atoms with van der Waals surface area (Å²) in [7, 11) is 0.0290. The maximum Gasteiger partial charge on any atom is 0.240 e. The van der Waals surface area contributed by atoms with Gasteiger partial charge in [0.2, 0.25) is 10.0 Å². The molecule has 0 saturated carbocycles. The van der Waals surface area contributed by atoms with E-state index in [9.17, 15) is 8.42 Å². The summed E-state index contributed by atoms with van der Waals surface area (Å²) >= 11 is 0. The molecule has 0 unspecified atom stereocenters. The zero-order chi connectivity index (χ0) is 13.4. The second-order valence-corrected chi connectivity index (χ2v) is 5.66. The first-order valence-electron chi connectivity index (χ1n) is 5.82. The Bertz CT molecular complexity index is 449. The minimum absolute atomic E-state index is 0. The number of halogens is 1. The van der Waals surface area contributed by atoms with Gasteiger partial charge in [0.1, 0.15) is 0 Å². The molecule has 19 heavy (non-hydrogen) atoms. The van der Waals surface area contributed by atoms with Crippen LogP contribution in [0.1, 0.15) is 5.56 Å². The maximum absolute atomic E-state index is 11.9. The van der Waals surface area contributed by atoms with Gasteiger partial charge in [-0.05, 0) is 31.2 Å². The second-order valence-electron chi connectivity index (χ2n) is 3.89. The van der Waals surface area contributed by atoms with E-state index in [4.69, 9.17) is 4.74 Å². The predicted octanol–water partition coefficient (Wildman–Crippen LogP) is 0.795. The summed E-state index contributed by atoms with van der Waals surface area (Å²) in [6.45, 7) is 1.61. The normalized spacial score (nSPS) is 11.1. The van der Waals surface area contributed by atoms with Crippen molar-refractivity contribution in [2.45, 2.75) is 11.3 Å². The molecule has 0 aliphatic rings. The largest absolute Gasteiger partial charge is 0.384 e. The third-order valence-electron chi connectivity index (χ3n) is 2.50. The Balaban J connectivity index is 0.00000324. The number of hydrogen-bond acceptors (Lipinski definition) is 4. The molecule has 5 nitrogen and oxygen atoms in total. The van der Waals surface area contributed by atoms with Crippen LogP contribution in [0, 0.1) is 0 Å². The van der Waals surface area contributed by atoms with Crippen molar-refractivity contribution < 1.29 is 13.2 Å². The van der Waals surface area contributed by atoms with Gasteiger partial charge in [-0.3, -0.25) is 0 Å². The van der Waals surface area contributed by atoms with Crippen LogP contribution in [0.15, 0.2) is 29.2 Å². The molecular formula is C12H21ClN2O3S. The molecule has 0 aromatic heterocycles. The first-order valence-corrected chi connectivity index (χ1v) is 7.30. The van der Waals surface area contributed by atoms with E-state index in [1.807, 2.05) is 12.1 Å². The van der Waals surface area contributed by atoms with Crippen LogP contribution in [0.2, 0.25) is 0 Å². The number of ether oxygens (including phenoxy) is 1. The molecule has 1 aromatic rings. The van der Waals surface area contributed by atoms with Gasteiger partial charge in [-0.1, -0.05) is 12.1 Å². The number of benzene rings is 1. The summed E-state index contributed by atoms with van der Waals surface area (Å²) < 4.78 is 31.2. The molecule has 1 aromatic carbocycles. The zero-order valence-electron chi connectivity index (χ0n) is 11.2. The van der Waals surface area contributed by atoms with Gasteiger partial charge in [0, 0.05) is 20.2 Å². The van der Waals surface area contributed by atoms with Crippen LogP contribution < -0.4 is 10.0 Å². The molecular weight excluding hydrogens is 288 g/mol. The minimum Gasteiger partial charge on any atom is -0.384 e. The summed E-state index contributed by atoms with van der Waals surface area (Å²) in [5, 5.41) is 2.88. The van der Waals surface area contributed by atoms with E-state index in [2.05, 4.69) is 10.0 Å². The van der Waals surface area contributed by atoms with Gasteiger partial charge in [0.25, 0.3) is 0 Å². The standard InChI is InChI=1S/C12H20N2O3S.ClH/c1-13-8-9-14-18(15,16)12-5-3-11(4-6-12)7-10-17-2;/h3-6,13-14H,7-10H2,1-2H3;1H. The topological polar surface area (TPSA) is 67.4 Å². The number of nitrogens with one attached hydrogen (secondary N) is 2. The summed E-state index contributed by atoms with van der Waals surface area (Å²) in [4.78, 5) is 0.291. The molecule has 0 aliphatic carbocycles. The van der Waals surface area contributed by atoms with E-state index in [0.29, 0.717) is 24.6 Å². The lowest BCUT2D eigenvalue weighted by atomic mass is 10.2. The first-order chi connectivity index (χ1) is 8.60. The monoisotopic (exact) mass is 308 g/mol. The summed E-state index contributed by atoms with van der Waals surface area (Å²) in [6.07, 6.45) is 0.782. The molecule has 0 atom stereocenters. The van der Waals surface area contributed by atoms with Gasteiger partial charge in [-0.15, -0.1) is 12.4 Å². The van der Waals surface area contributed by atoms with Gasteiger partial charge >= 0.3 is 0 Å². The van der Waals surface area contributed by atoms with Crippen molar-refractivity contribution in [2.24, 2.45) is 0 Å². The van der Waals surface area contributed by atoms with Crippen molar-refractivity contribution in [3.8, 4) is 0 Å². The average Bonchev–Trinajstić information content (AvgIpc) is 2.37. The van der Waals surface area contributed by atoms with E-state index in [1.54, 1.807) is 26.3 Å². The van der Waals surface area contributed by atoms with E-state index in [0.717, 1.165) is 12.0 Å². The molecule has 0 aliphatic heterocycles. The molecule has 1 rings (SSSR count). The van der Waals surface area contributed by atoms with Crippen molar-refractivity contribution in [2.75, 3.05) is 33.9 Å². The van der Waals surface area contributed by atoms with Crippen LogP contribution in [-0.4, -0.2) is 42.3 Å². The highest BCUT2D eigenvalue weighted by Gasteiger charge is 2.12. The van der Waals surface area contributed by atoms with Crippen molar-refractivity contribution in [3.05, 3.63) is 29.8 Å². The first kappa shape index (κ1) is 18.3. The molecule has 0 amide bonds. The Morgan fingerprint density at radius 1 is 1.16 bits per heavy atom. The molecule has 0 bridgehead atoms. The Morgan fingerprint density at radius 3 is 2.32 bits per heavy atom. The van der Waals surface area contributed by atoms with E-state index >= 15 is 0 Å². The fourth-order valence-electron chi connectivity index (χ4n) is 1.45. The van der Waals surface area contributed by atoms with E-state index in [1.165, 1.54) is 0 Å². The summed E-state index contributed by atoms with van der Waals surface area (Å²) in [6, 6.07) is 6.86. The lowest BCUT2D eigenvalue weighted by Gasteiger charge is -2.07. The number of rotatable bonds is 8. The average molecular weight is 309 g/mol. The minimum atomic E-state index is -3.39. The Morgan fingerprint density at radius 2 is 1.79 bits per heavy atom. The third kappa shape index (κ3) is 6.35. The summed E-state index contributed by atoms with van der Waals surface area (Å²) in [5.74, 6) is 0. The number of hydrogen-bond donors (Lipinski definition) is 2. The van der Waals surface area contributed by atoms with E-state index < -0.39 is 10.0 Å². The van der Waals surface area contributed by atoms with Gasteiger partial charge in [0.05, 0.1) is 11.5 Å². The zero-order valence-corrected chi connectivity index (χ0v) is 12.8. The Kier molecular flexibility index (Phi) is 8.95. The number of likely N-dealkylation sites (N-methyl/N-ethyl adjacent to an activating group) is 1. The fourth-order valence-corrected chi connectivity index (χ4v) is 2.48. The number of methoxy groups -OCH3 is 1. The van der Waals surface area contributed by atoms with Crippen molar-refractivity contribution in [1.29, 1.82) is 0 Å². The van der Waals surface area contributed by atoms with Crippen molar-refractivity contribution in [3.63, 3.8) is 0 Å². The quantitative estimate of drug-likeness (QED) is 0.697. The molecule has 2 N–H and O–H groups in total. The molecule has 0 radical (unpaired) electrons. The van der Waals surface area contributed by atoms with Gasteiger partial charge in [-0.2, -0.15) is 0 Å². The van der Waals surface area contributed by atoms with Gasteiger partial charge in [0.15, 0.2) is 0 Å². The van der Waals surface area contributed by atoms with Crippen LogP contribution >= 0.6 is 12.4 Å². The Labute approximate surface area is 121 Å². The second kappa shape index (κ2) is 9.28. The third-order valence-corrected chi connectivity index (χ3v) is 3.97. The molecule has 110 valence electrons. The van der Waals surface area contributed by atoms with Crippen LogP contribution in [0.3, 0.4) is 0 Å².